The molecule has 0 aliphatic heterocycles. The quantitative estimate of drug-likeness (QED) is 0.796. The van der Waals surface area contributed by atoms with E-state index >= 15 is 0 Å². The molecule has 130 valence electrons. The van der Waals surface area contributed by atoms with E-state index in [-0.39, 0.29) is 11.8 Å². The highest BCUT2D eigenvalue weighted by molar-refractivity contribution is 7.99. The average Bonchev–Trinajstić information content (AvgIpc) is 3.41. The largest absolute Gasteiger partial charge is 0.349 e. The maximum Gasteiger partial charge on any atom is 0.251 e. The molecule has 0 unspecified atom stereocenters. The first-order valence-corrected chi connectivity index (χ1v) is 9.60. The predicted octanol–water partition coefficient (Wildman–Crippen LogP) is 3.76. The van der Waals surface area contributed by atoms with E-state index in [0.717, 1.165) is 18.6 Å². The Balaban J connectivity index is 1.47. The van der Waals surface area contributed by atoms with Gasteiger partial charge in [-0.05, 0) is 43.5 Å². The lowest BCUT2D eigenvalue weighted by Crippen LogP contribution is -2.25. The number of anilines is 1. The number of nitrogens with one attached hydrogen (secondary N) is 2. The third-order valence-electron chi connectivity index (χ3n) is 3.94. The molecule has 1 fully saturated rings. The Morgan fingerprint density at radius 2 is 1.88 bits per heavy atom. The van der Waals surface area contributed by atoms with Crippen LogP contribution in [-0.2, 0) is 10.5 Å². The first-order valence-electron chi connectivity index (χ1n) is 8.44. The van der Waals surface area contributed by atoms with Crippen LogP contribution >= 0.6 is 11.8 Å². The standard InChI is InChI=1S/C20H22N2O2S/c1-14-5-7-15(8-6-14)12-25-13-19(23)21-18-4-2-3-16(11-18)20(24)22-17-9-10-17/h2-8,11,17H,9-10,12-13H2,1H3,(H,21,23)(H,22,24). The van der Waals surface area contributed by atoms with Crippen molar-refractivity contribution in [2.45, 2.75) is 31.6 Å². The monoisotopic (exact) mass is 354 g/mol. The zero-order valence-electron chi connectivity index (χ0n) is 14.2. The van der Waals surface area contributed by atoms with Crippen molar-refractivity contribution >= 4 is 29.3 Å². The van der Waals surface area contributed by atoms with Crippen LogP contribution in [0.15, 0.2) is 48.5 Å². The molecule has 2 N–H and O–H groups in total. The van der Waals surface area contributed by atoms with Crippen LogP contribution in [0.25, 0.3) is 0 Å². The lowest BCUT2D eigenvalue weighted by molar-refractivity contribution is -0.113. The Hall–Kier alpha value is -2.27. The highest BCUT2D eigenvalue weighted by Crippen LogP contribution is 2.20. The highest BCUT2D eigenvalue weighted by Gasteiger charge is 2.23. The minimum Gasteiger partial charge on any atom is -0.349 e. The highest BCUT2D eigenvalue weighted by atomic mass is 32.2. The number of carbonyl (C=O) groups is 2. The molecule has 3 rings (SSSR count). The van der Waals surface area contributed by atoms with Crippen LogP contribution in [0.1, 0.15) is 34.3 Å². The van der Waals surface area contributed by atoms with E-state index in [1.807, 2.05) is 0 Å². The lowest BCUT2D eigenvalue weighted by Gasteiger charge is -2.08. The molecular formula is C20H22N2O2S. The second kappa shape index (κ2) is 8.21. The van der Waals surface area contributed by atoms with Crippen LogP contribution in [-0.4, -0.2) is 23.6 Å². The van der Waals surface area contributed by atoms with Crippen molar-refractivity contribution in [1.29, 1.82) is 0 Å². The number of thioether (sulfide) groups is 1. The summed E-state index contributed by atoms with van der Waals surface area (Å²) in [5.74, 6) is 1.05. The van der Waals surface area contributed by atoms with Gasteiger partial charge < -0.3 is 10.6 Å². The van der Waals surface area contributed by atoms with Gasteiger partial charge >= 0.3 is 0 Å². The van der Waals surface area contributed by atoms with Gasteiger partial charge in [0.1, 0.15) is 0 Å². The van der Waals surface area contributed by atoms with Crippen LogP contribution in [0, 0.1) is 6.92 Å². The van der Waals surface area contributed by atoms with Crippen molar-refractivity contribution < 1.29 is 9.59 Å². The Morgan fingerprint density at radius 1 is 1.12 bits per heavy atom. The second-order valence-electron chi connectivity index (χ2n) is 6.36. The summed E-state index contributed by atoms with van der Waals surface area (Å²) in [4.78, 5) is 24.2. The van der Waals surface area contributed by atoms with Crippen molar-refractivity contribution in [3.63, 3.8) is 0 Å². The molecular weight excluding hydrogens is 332 g/mol. The molecule has 5 heteroatoms. The topological polar surface area (TPSA) is 58.2 Å². The molecule has 2 aromatic rings. The predicted molar refractivity (Wildman–Crippen MR) is 103 cm³/mol. The summed E-state index contributed by atoms with van der Waals surface area (Å²) >= 11 is 1.58. The van der Waals surface area contributed by atoms with E-state index in [0.29, 0.717) is 23.0 Å². The molecule has 1 aliphatic carbocycles. The molecule has 0 heterocycles. The van der Waals surface area contributed by atoms with Crippen LogP contribution in [0.5, 0.6) is 0 Å². The first kappa shape index (κ1) is 17.5. The smallest absolute Gasteiger partial charge is 0.251 e. The number of amides is 2. The number of rotatable bonds is 7. The Morgan fingerprint density at radius 3 is 2.60 bits per heavy atom. The number of hydrogen-bond donors (Lipinski definition) is 2. The summed E-state index contributed by atoms with van der Waals surface area (Å²) in [6.07, 6.45) is 2.11. The summed E-state index contributed by atoms with van der Waals surface area (Å²) in [5.41, 5.74) is 3.68. The van der Waals surface area contributed by atoms with Crippen LogP contribution in [0.2, 0.25) is 0 Å². The van der Waals surface area contributed by atoms with E-state index in [9.17, 15) is 9.59 Å². The van der Waals surface area contributed by atoms with Gasteiger partial charge in [-0.1, -0.05) is 35.9 Å². The molecule has 0 aromatic heterocycles. The molecule has 0 bridgehead atoms. The SMILES string of the molecule is Cc1ccc(CSCC(=O)Nc2cccc(C(=O)NC3CC3)c2)cc1. The minimum absolute atomic E-state index is 0.0585. The molecule has 0 saturated heterocycles. The van der Waals surface area contributed by atoms with Gasteiger partial charge in [-0.3, -0.25) is 9.59 Å². The van der Waals surface area contributed by atoms with Gasteiger partial charge in [0.15, 0.2) is 0 Å². The van der Waals surface area contributed by atoms with Gasteiger partial charge in [0.05, 0.1) is 5.75 Å². The summed E-state index contributed by atoms with van der Waals surface area (Å²) in [6, 6.07) is 15.7. The lowest BCUT2D eigenvalue weighted by atomic mass is 10.2. The molecule has 2 aromatic carbocycles. The first-order chi connectivity index (χ1) is 12.1. The van der Waals surface area contributed by atoms with Gasteiger partial charge in [0, 0.05) is 23.0 Å². The second-order valence-corrected chi connectivity index (χ2v) is 7.34. The van der Waals surface area contributed by atoms with Crippen molar-refractivity contribution in [2.24, 2.45) is 0 Å². The van der Waals surface area contributed by atoms with Crippen molar-refractivity contribution in [2.75, 3.05) is 11.1 Å². The Kier molecular flexibility index (Phi) is 5.76. The maximum absolute atomic E-state index is 12.1. The van der Waals surface area contributed by atoms with Gasteiger partial charge in [-0.15, -0.1) is 11.8 Å². The van der Waals surface area contributed by atoms with Gasteiger partial charge in [0.25, 0.3) is 5.91 Å². The summed E-state index contributed by atoms with van der Waals surface area (Å²) < 4.78 is 0. The molecule has 4 nitrogen and oxygen atoms in total. The molecule has 2 amide bonds. The average molecular weight is 354 g/mol. The third-order valence-corrected chi connectivity index (χ3v) is 4.95. The molecule has 0 spiro atoms. The number of benzene rings is 2. The normalized spacial score (nSPS) is 13.3. The molecule has 25 heavy (non-hydrogen) atoms. The fraction of sp³-hybridized carbons (Fsp3) is 0.300. The third kappa shape index (κ3) is 5.64. The van der Waals surface area contributed by atoms with Crippen molar-refractivity contribution in [3.8, 4) is 0 Å². The van der Waals surface area contributed by atoms with Crippen LogP contribution < -0.4 is 10.6 Å². The Labute approximate surface area is 152 Å². The zero-order chi connectivity index (χ0) is 17.6. The van der Waals surface area contributed by atoms with E-state index in [4.69, 9.17) is 0 Å². The Bertz CT molecular complexity index is 755. The summed E-state index contributed by atoms with van der Waals surface area (Å²) in [5, 5.41) is 5.81. The molecule has 0 radical (unpaired) electrons. The van der Waals surface area contributed by atoms with E-state index in [1.165, 1.54) is 11.1 Å². The fourth-order valence-corrected chi connectivity index (χ4v) is 3.17. The van der Waals surface area contributed by atoms with E-state index < -0.39 is 0 Å². The van der Waals surface area contributed by atoms with Gasteiger partial charge in [-0.2, -0.15) is 0 Å². The van der Waals surface area contributed by atoms with Crippen LogP contribution in [0.4, 0.5) is 5.69 Å². The van der Waals surface area contributed by atoms with Crippen molar-refractivity contribution in [1.82, 2.24) is 5.32 Å². The molecule has 1 saturated carbocycles. The summed E-state index contributed by atoms with van der Waals surface area (Å²) in [6.45, 7) is 2.06. The molecule has 0 atom stereocenters. The fourth-order valence-electron chi connectivity index (χ4n) is 2.38. The minimum atomic E-state index is -0.0765. The molecule has 1 aliphatic rings. The van der Waals surface area contributed by atoms with Crippen molar-refractivity contribution in [3.05, 3.63) is 65.2 Å². The van der Waals surface area contributed by atoms with Crippen LogP contribution in [0.3, 0.4) is 0 Å². The number of hydrogen-bond acceptors (Lipinski definition) is 3. The van der Waals surface area contributed by atoms with E-state index in [1.54, 1.807) is 36.0 Å². The van der Waals surface area contributed by atoms with Gasteiger partial charge in [0.2, 0.25) is 5.91 Å². The summed E-state index contributed by atoms with van der Waals surface area (Å²) in [7, 11) is 0. The zero-order valence-corrected chi connectivity index (χ0v) is 15.1. The van der Waals surface area contributed by atoms with Gasteiger partial charge in [-0.25, -0.2) is 0 Å². The number of aryl methyl sites for hydroxylation is 1. The maximum atomic E-state index is 12.1. The van der Waals surface area contributed by atoms with E-state index in [2.05, 4.69) is 41.8 Å². The number of carbonyl (C=O) groups excluding carboxylic acids is 2.